The molecule has 4 rings (SSSR count). The van der Waals surface area contributed by atoms with Crippen molar-refractivity contribution in [2.24, 2.45) is 5.92 Å². The molecule has 1 aromatic heterocycles. The summed E-state index contributed by atoms with van der Waals surface area (Å²) in [7, 11) is 1.62. The Labute approximate surface area is 185 Å². The lowest BCUT2D eigenvalue weighted by Crippen LogP contribution is -2.18. The van der Waals surface area contributed by atoms with Gasteiger partial charge in [0.1, 0.15) is 5.75 Å². The monoisotopic (exact) mass is 437 g/mol. The zero-order chi connectivity index (χ0) is 22.5. The largest absolute Gasteiger partial charge is 0.497 e. The first-order valence-electron chi connectivity index (χ1n) is 10.8. The molecule has 0 atom stereocenters. The average Bonchev–Trinajstić information content (AvgIpc) is 3.31. The fraction of sp³-hybridized carbons (Fsp3) is 0.320. The molecule has 166 valence electrons. The molecule has 1 saturated carbocycles. The summed E-state index contributed by atoms with van der Waals surface area (Å²) in [6, 6.07) is 11.0. The zero-order valence-electron chi connectivity index (χ0n) is 17.9. The van der Waals surface area contributed by atoms with E-state index in [0.717, 1.165) is 54.1 Å². The lowest BCUT2D eigenvalue weighted by atomic mass is 10.0. The first kappa shape index (κ1) is 21.9. The van der Waals surface area contributed by atoms with Crippen LogP contribution in [0.2, 0.25) is 0 Å². The van der Waals surface area contributed by atoms with E-state index >= 15 is 0 Å². The van der Waals surface area contributed by atoms with Gasteiger partial charge >= 0.3 is 0 Å². The van der Waals surface area contributed by atoms with E-state index < -0.39 is 11.6 Å². The normalized spacial score (nSPS) is 13.8. The molecule has 1 aliphatic rings. The number of hydrogen-bond donors (Lipinski definition) is 1. The molecule has 7 heteroatoms. The fourth-order valence-corrected chi connectivity index (χ4v) is 4.07. The summed E-state index contributed by atoms with van der Waals surface area (Å²) < 4.78 is 31.8. The van der Waals surface area contributed by atoms with E-state index in [1.165, 1.54) is 18.9 Å². The third-order valence-corrected chi connectivity index (χ3v) is 5.79. The third-order valence-electron chi connectivity index (χ3n) is 5.79. The van der Waals surface area contributed by atoms with Crippen LogP contribution in [0.5, 0.6) is 5.75 Å². The molecule has 0 unspecified atom stereocenters. The van der Waals surface area contributed by atoms with Crippen molar-refractivity contribution in [2.75, 3.05) is 12.4 Å². The maximum atomic E-state index is 13.5. The molecule has 5 nitrogen and oxygen atoms in total. The quantitative estimate of drug-likeness (QED) is 0.542. The number of hydrogen-bond acceptors (Lipinski definition) is 4. The molecule has 32 heavy (non-hydrogen) atoms. The van der Waals surface area contributed by atoms with Gasteiger partial charge in [0, 0.05) is 5.56 Å². The van der Waals surface area contributed by atoms with E-state index in [1.807, 2.05) is 24.3 Å². The van der Waals surface area contributed by atoms with Gasteiger partial charge in [-0.05, 0) is 54.3 Å². The highest BCUT2D eigenvalue weighted by molar-refractivity contribution is 5.92. The molecule has 0 bridgehead atoms. The number of aromatic nitrogens is 2. The van der Waals surface area contributed by atoms with Crippen LogP contribution in [0.3, 0.4) is 0 Å². The second-order valence-electron chi connectivity index (χ2n) is 8.11. The molecule has 0 spiro atoms. The Morgan fingerprint density at radius 2 is 1.84 bits per heavy atom. The number of nitrogens with zero attached hydrogens (tertiary/aromatic N) is 2. The Hall–Kier alpha value is -3.35. The summed E-state index contributed by atoms with van der Waals surface area (Å²) in [5.41, 5.74) is 2.76. The standard InChI is InChI=1S/C25H25F2N3O2/c1-32-19-9-7-18(8-10-19)23-15-28-25(22(29-23)13-16-4-2-3-5-16)30-24(31)14-17-6-11-20(26)21(27)12-17/h6-12,15-16H,2-5,13-14H2,1H3,(H,28,30,31). The van der Waals surface area contributed by atoms with Gasteiger partial charge < -0.3 is 10.1 Å². The number of benzene rings is 2. The highest BCUT2D eigenvalue weighted by atomic mass is 19.2. The van der Waals surface area contributed by atoms with E-state index in [4.69, 9.17) is 9.72 Å². The number of ether oxygens (including phenoxy) is 1. The number of rotatable bonds is 7. The SMILES string of the molecule is COc1ccc(-c2cnc(NC(=O)Cc3ccc(F)c(F)c3)c(CC3CCCC3)n2)cc1. The highest BCUT2D eigenvalue weighted by Gasteiger charge is 2.20. The van der Waals surface area contributed by atoms with Crippen molar-refractivity contribution in [2.45, 2.75) is 38.5 Å². The first-order chi connectivity index (χ1) is 15.5. The molecule has 1 fully saturated rings. The van der Waals surface area contributed by atoms with Gasteiger partial charge in [0.15, 0.2) is 17.5 Å². The van der Waals surface area contributed by atoms with E-state index in [-0.39, 0.29) is 12.3 Å². The minimum Gasteiger partial charge on any atom is -0.497 e. The summed E-state index contributed by atoms with van der Waals surface area (Å²) in [6.45, 7) is 0. The van der Waals surface area contributed by atoms with Crippen LogP contribution in [0, 0.1) is 17.6 Å². The van der Waals surface area contributed by atoms with Crippen molar-refractivity contribution in [3.63, 3.8) is 0 Å². The van der Waals surface area contributed by atoms with E-state index in [9.17, 15) is 13.6 Å². The molecule has 1 heterocycles. The topological polar surface area (TPSA) is 64.1 Å². The summed E-state index contributed by atoms with van der Waals surface area (Å²) >= 11 is 0. The van der Waals surface area contributed by atoms with Gasteiger partial charge in [-0.15, -0.1) is 0 Å². The summed E-state index contributed by atoms with van der Waals surface area (Å²) in [4.78, 5) is 21.9. The van der Waals surface area contributed by atoms with Gasteiger partial charge in [-0.25, -0.2) is 18.7 Å². The van der Waals surface area contributed by atoms with Crippen LogP contribution < -0.4 is 10.1 Å². The maximum Gasteiger partial charge on any atom is 0.229 e. The van der Waals surface area contributed by atoms with Gasteiger partial charge in [0.25, 0.3) is 0 Å². The molecule has 1 amide bonds. The Morgan fingerprint density at radius 1 is 1.09 bits per heavy atom. The molecule has 0 saturated heterocycles. The van der Waals surface area contributed by atoms with Gasteiger partial charge in [-0.3, -0.25) is 4.79 Å². The fourth-order valence-electron chi connectivity index (χ4n) is 4.07. The minimum absolute atomic E-state index is 0.0814. The van der Waals surface area contributed by atoms with Crippen molar-refractivity contribution in [3.05, 3.63) is 71.6 Å². The van der Waals surface area contributed by atoms with Crippen molar-refractivity contribution in [1.82, 2.24) is 9.97 Å². The number of amides is 1. The number of halogens is 2. The number of anilines is 1. The molecule has 1 N–H and O–H groups in total. The van der Waals surface area contributed by atoms with Gasteiger partial charge in [0.05, 0.1) is 31.1 Å². The molecule has 0 aliphatic heterocycles. The van der Waals surface area contributed by atoms with Crippen LogP contribution in [0.25, 0.3) is 11.3 Å². The molecular formula is C25H25F2N3O2. The molecular weight excluding hydrogens is 412 g/mol. The summed E-state index contributed by atoms with van der Waals surface area (Å²) in [5, 5.41) is 2.82. The van der Waals surface area contributed by atoms with Gasteiger partial charge in [-0.2, -0.15) is 0 Å². The van der Waals surface area contributed by atoms with Crippen LogP contribution >= 0.6 is 0 Å². The summed E-state index contributed by atoms with van der Waals surface area (Å²) in [6.07, 6.45) is 6.96. The van der Waals surface area contributed by atoms with Gasteiger partial charge in [-0.1, -0.05) is 31.7 Å². The third kappa shape index (κ3) is 5.28. The van der Waals surface area contributed by atoms with Crippen LogP contribution in [0.1, 0.15) is 36.9 Å². The molecule has 3 aromatic rings. The van der Waals surface area contributed by atoms with Crippen molar-refractivity contribution >= 4 is 11.7 Å². The van der Waals surface area contributed by atoms with E-state index in [1.54, 1.807) is 13.3 Å². The van der Waals surface area contributed by atoms with Crippen molar-refractivity contribution in [3.8, 4) is 17.0 Å². The predicted octanol–water partition coefficient (Wildman–Crippen LogP) is 5.34. The second-order valence-corrected chi connectivity index (χ2v) is 8.11. The number of carbonyl (C=O) groups is 1. The second kappa shape index (κ2) is 9.85. The van der Waals surface area contributed by atoms with Crippen molar-refractivity contribution < 1.29 is 18.3 Å². The Kier molecular flexibility index (Phi) is 6.73. The highest BCUT2D eigenvalue weighted by Crippen LogP contribution is 2.30. The first-order valence-corrected chi connectivity index (χ1v) is 10.8. The van der Waals surface area contributed by atoms with Crippen LogP contribution in [-0.4, -0.2) is 23.0 Å². The lowest BCUT2D eigenvalue weighted by Gasteiger charge is -2.14. The molecule has 1 aliphatic carbocycles. The number of carbonyl (C=O) groups excluding carboxylic acids is 1. The van der Waals surface area contributed by atoms with E-state index in [2.05, 4.69) is 10.3 Å². The average molecular weight is 437 g/mol. The Morgan fingerprint density at radius 3 is 2.53 bits per heavy atom. The smallest absolute Gasteiger partial charge is 0.229 e. The maximum absolute atomic E-state index is 13.5. The lowest BCUT2D eigenvalue weighted by molar-refractivity contribution is -0.115. The molecule has 0 radical (unpaired) electrons. The van der Waals surface area contributed by atoms with Gasteiger partial charge in [0.2, 0.25) is 5.91 Å². The molecule has 2 aromatic carbocycles. The minimum atomic E-state index is -0.971. The van der Waals surface area contributed by atoms with Crippen LogP contribution in [-0.2, 0) is 17.6 Å². The van der Waals surface area contributed by atoms with Crippen LogP contribution in [0.15, 0.2) is 48.7 Å². The predicted molar refractivity (Wildman–Crippen MR) is 118 cm³/mol. The Bertz CT molecular complexity index is 1100. The Balaban J connectivity index is 1.56. The number of nitrogens with one attached hydrogen (secondary N) is 1. The zero-order valence-corrected chi connectivity index (χ0v) is 17.9. The van der Waals surface area contributed by atoms with Crippen LogP contribution in [0.4, 0.5) is 14.6 Å². The van der Waals surface area contributed by atoms with Crippen molar-refractivity contribution in [1.29, 1.82) is 0 Å². The summed E-state index contributed by atoms with van der Waals surface area (Å²) in [5.74, 6) is -0.572. The number of methoxy groups -OCH3 is 1. The van der Waals surface area contributed by atoms with E-state index in [0.29, 0.717) is 17.3 Å².